The van der Waals surface area contributed by atoms with E-state index in [-0.39, 0.29) is 6.10 Å². The molecule has 2 aromatic heterocycles. The van der Waals surface area contributed by atoms with Gasteiger partial charge in [0.1, 0.15) is 12.1 Å². The van der Waals surface area contributed by atoms with Crippen LogP contribution in [0.5, 0.6) is 0 Å². The standard InChI is InChI=1S/C12H17N5O/c1-17-12-10(6-16-17)11(14-7-15-12)13-5-8-2-3-9(18)4-8/h6-9,18H,2-5H2,1H3,(H,13,14,15). The van der Waals surface area contributed by atoms with Crippen LogP contribution in [-0.2, 0) is 7.05 Å². The topological polar surface area (TPSA) is 75.9 Å². The van der Waals surface area contributed by atoms with Gasteiger partial charge in [0.05, 0.1) is 17.7 Å². The van der Waals surface area contributed by atoms with Crippen molar-refractivity contribution in [3.63, 3.8) is 0 Å². The molecule has 1 aliphatic rings. The Morgan fingerprint density at radius 1 is 1.44 bits per heavy atom. The number of aromatic nitrogens is 4. The second-order valence-electron chi connectivity index (χ2n) is 4.94. The van der Waals surface area contributed by atoms with Crippen molar-refractivity contribution in [3.05, 3.63) is 12.5 Å². The van der Waals surface area contributed by atoms with E-state index < -0.39 is 0 Å². The molecule has 1 aliphatic carbocycles. The number of nitrogens with one attached hydrogen (secondary N) is 1. The number of aliphatic hydroxyl groups excluding tert-OH is 1. The summed E-state index contributed by atoms with van der Waals surface area (Å²) in [5.74, 6) is 1.36. The van der Waals surface area contributed by atoms with Crippen LogP contribution >= 0.6 is 0 Å². The lowest BCUT2D eigenvalue weighted by Crippen LogP contribution is -2.13. The molecule has 0 aromatic carbocycles. The molecule has 0 bridgehead atoms. The molecule has 2 aromatic rings. The van der Waals surface area contributed by atoms with Gasteiger partial charge < -0.3 is 10.4 Å². The minimum atomic E-state index is -0.124. The van der Waals surface area contributed by atoms with Crippen LogP contribution in [0.4, 0.5) is 5.82 Å². The highest BCUT2D eigenvalue weighted by atomic mass is 16.3. The van der Waals surface area contributed by atoms with Crippen molar-refractivity contribution in [2.24, 2.45) is 13.0 Å². The van der Waals surface area contributed by atoms with E-state index in [1.807, 2.05) is 7.05 Å². The van der Waals surface area contributed by atoms with E-state index in [2.05, 4.69) is 20.4 Å². The lowest BCUT2D eigenvalue weighted by molar-refractivity contribution is 0.178. The summed E-state index contributed by atoms with van der Waals surface area (Å²) in [6.45, 7) is 0.845. The molecule has 1 saturated carbocycles. The second-order valence-corrected chi connectivity index (χ2v) is 4.94. The van der Waals surface area contributed by atoms with Crippen molar-refractivity contribution in [2.45, 2.75) is 25.4 Å². The molecular weight excluding hydrogens is 230 g/mol. The molecule has 2 atom stereocenters. The molecule has 0 radical (unpaired) electrons. The third-order valence-electron chi connectivity index (χ3n) is 3.60. The molecular formula is C12H17N5O. The van der Waals surface area contributed by atoms with Gasteiger partial charge in [-0.3, -0.25) is 4.68 Å². The van der Waals surface area contributed by atoms with Gasteiger partial charge in [-0.05, 0) is 25.2 Å². The molecule has 6 heteroatoms. The molecule has 96 valence electrons. The first-order chi connectivity index (χ1) is 8.74. The van der Waals surface area contributed by atoms with E-state index >= 15 is 0 Å². The van der Waals surface area contributed by atoms with E-state index in [0.29, 0.717) is 5.92 Å². The van der Waals surface area contributed by atoms with Gasteiger partial charge in [-0.15, -0.1) is 0 Å². The number of fused-ring (bicyclic) bond motifs is 1. The molecule has 0 spiro atoms. The molecule has 18 heavy (non-hydrogen) atoms. The Kier molecular flexibility index (Phi) is 2.87. The van der Waals surface area contributed by atoms with E-state index in [9.17, 15) is 5.11 Å². The Morgan fingerprint density at radius 3 is 3.11 bits per heavy atom. The predicted octanol–water partition coefficient (Wildman–Crippen LogP) is 0.936. The molecule has 6 nitrogen and oxygen atoms in total. The SMILES string of the molecule is Cn1ncc2c(NCC3CCC(O)C3)ncnc21. The number of hydrogen-bond donors (Lipinski definition) is 2. The normalized spacial score (nSPS) is 23.7. The number of nitrogens with zero attached hydrogens (tertiary/aromatic N) is 4. The summed E-state index contributed by atoms with van der Waals surface area (Å²) in [7, 11) is 1.87. The minimum Gasteiger partial charge on any atom is -0.393 e. The van der Waals surface area contributed by atoms with Gasteiger partial charge in [-0.2, -0.15) is 5.10 Å². The summed E-state index contributed by atoms with van der Waals surface area (Å²) in [5.41, 5.74) is 0.832. The Balaban J connectivity index is 1.74. The molecule has 0 aliphatic heterocycles. The third-order valence-corrected chi connectivity index (χ3v) is 3.60. The van der Waals surface area contributed by atoms with Crippen LogP contribution in [0.15, 0.2) is 12.5 Å². The van der Waals surface area contributed by atoms with E-state index in [4.69, 9.17) is 0 Å². The molecule has 0 amide bonds. The first kappa shape index (κ1) is 11.4. The molecule has 0 saturated heterocycles. The summed E-state index contributed by atoms with van der Waals surface area (Å²) < 4.78 is 1.74. The number of aliphatic hydroxyl groups is 1. The summed E-state index contributed by atoms with van der Waals surface area (Å²) in [6, 6.07) is 0. The van der Waals surface area contributed by atoms with E-state index in [0.717, 1.165) is 42.7 Å². The molecule has 2 N–H and O–H groups in total. The van der Waals surface area contributed by atoms with Gasteiger partial charge in [0, 0.05) is 13.6 Å². The van der Waals surface area contributed by atoms with E-state index in [1.165, 1.54) is 0 Å². The molecule has 2 heterocycles. The summed E-state index contributed by atoms with van der Waals surface area (Å²) >= 11 is 0. The Hall–Kier alpha value is -1.69. The lowest BCUT2D eigenvalue weighted by atomic mass is 10.1. The van der Waals surface area contributed by atoms with Crippen LogP contribution in [0.3, 0.4) is 0 Å². The second kappa shape index (κ2) is 4.53. The van der Waals surface area contributed by atoms with Gasteiger partial charge in [0.15, 0.2) is 5.65 Å². The fraction of sp³-hybridized carbons (Fsp3) is 0.583. The molecule has 2 unspecified atom stereocenters. The zero-order valence-electron chi connectivity index (χ0n) is 10.4. The van der Waals surface area contributed by atoms with Crippen molar-refractivity contribution in [1.29, 1.82) is 0 Å². The summed E-state index contributed by atoms with van der Waals surface area (Å²) in [6.07, 6.45) is 6.08. The fourth-order valence-electron chi connectivity index (χ4n) is 2.58. The Labute approximate surface area is 105 Å². The first-order valence-corrected chi connectivity index (χ1v) is 6.28. The Morgan fingerprint density at radius 2 is 2.33 bits per heavy atom. The average molecular weight is 247 g/mol. The largest absolute Gasteiger partial charge is 0.393 e. The zero-order chi connectivity index (χ0) is 12.5. The van der Waals surface area contributed by atoms with Crippen molar-refractivity contribution >= 4 is 16.9 Å². The van der Waals surface area contributed by atoms with E-state index in [1.54, 1.807) is 17.2 Å². The molecule has 1 fully saturated rings. The maximum atomic E-state index is 9.51. The first-order valence-electron chi connectivity index (χ1n) is 6.28. The highest BCUT2D eigenvalue weighted by molar-refractivity contribution is 5.85. The van der Waals surface area contributed by atoms with Crippen LogP contribution in [-0.4, -0.2) is 37.5 Å². The number of anilines is 1. The number of aryl methyl sites for hydroxylation is 1. The zero-order valence-corrected chi connectivity index (χ0v) is 10.4. The fourth-order valence-corrected chi connectivity index (χ4v) is 2.58. The summed E-state index contributed by atoms with van der Waals surface area (Å²) in [4.78, 5) is 8.46. The third kappa shape index (κ3) is 2.03. The van der Waals surface area contributed by atoms with Gasteiger partial charge in [0.25, 0.3) is 0 Å². The maximum Gasteiger partial charge on any atom is 0.163 e. The highest BCUT2D eigenvalue weighted by Crippen LogP contribution is 2.26. The minimum absolute atomic E-state index is 0.124. The van der Waals surface area contributed by atoms with Gasteiger partial charge in [-0.25, -0.2) is 9.97 Å². The van der Waals surface area contributed by atoms with Crippen LogP contribution in [0, 0.1) is 5.92 Å². The summed E-state index contributed by atoms with van der Waals surface area (Å²) in [5, 5.41) is 18.0. The predicted molar refractivity (Wildman–Crippen MR) is 68.1 cm³/mol. The van der Waals surface area contributed by atoms with Crippen molar-refractivity contribution in [3.8, 4) is 0 Å². The lowest BCUT2D eigenvalue weighted by Gasteiger charge is -2.11. The van der Waals surface area contributed by atoms with Gasteiger partial charge in [-0.1, -0.05) is 0 Å². The monoisotopic (exact) mass is 247 g/mol. The smallest absolute Gasteiger partial charge is 0.163 e. The van der Waals surface area contributed by atoms with Crippen LogP contribution in [0.1, 0.15) is 19.3 Å². The van der Waals surface area contributed by atoms with Crippen molar-refractivity contribution < 1.29 is 5.11 Å². The van der Waals surface area contributed by atoms with Crippen LogP contribution < -0.4 is 5.32 Å². The molecule has 3 rings (SSSR count). The van der Waals surface area contributed by atoms with Crippen LogP contribution in [0.25, 0.3) is 11.0 Å². The number of rotatable bonds is 3. The Bertz CT molecular complexity index is 552. The quantitative estimate of drug-likeness (QED) is 0.844. The maximum absolute atomic E-state index is 9.51. The van der Waals surface area contributed by atoms with Crippen molar-refractivity contribution in [1.82, 2.24) is 19.7 Å². The van der Waals surface area contributed by atoms with Crippen molar-refractivity contribution in [2.75, 3.05) is 11.9 Å². The number of hydrogen-bond acceptors (Lipinski definition) is 5. The van der Waals surface area contributed by atoms with Crippen LogP contribution in [0.2, 0.25) is 0 Å². The average Bonchev–Trinajstić information content (AvgIpc) is 2.94. The van der Waals surface area contributed by atoms with Gasteiger partial charge in [0.2, 0.25) is 0 Å². The van der Waals surface area contributed by atoms with Gasteiger partial charge >= 0.3 is 0 Å². The highest BCUT2D eigenvalue weighted by Gasteiger charge is 2.22.